The molecule has 0 aromatic heterocycles. The largest absolute Gasteiger partial charge is 0.480 e. The number of carbonyl (C=O) groups excluding carboxylic acids is 1. The molecule has 0 aliphatic heterocycles. The SMILES string of the molecule is CCC(CSC)NC(=O)N(C)CC(=O)O. The molecule has 2 N–H and O–H groups in total. The highest BCUT2D eigenvalue weighted by Gasteiger charge is 2.15. The van der Waals surface area contributed by atoms with Gasteiger partial charge in [-0.05, 0) is 12.7 Å². The van der Waals surface area contributed by atoms with Gasteiger partial charge in [0, 0.05) is 18.8 Å². The summed E-state index contributed by atoms with van der Waals surface area (Å²) in [5, 5.41) is 11.3. The molecule has 0 rings (SSSR count). The fourth-order valence-corrected chi connectivity index (χ4v) is 1.74. The fraction of sp³-hybridized carbons (Fsp3) is 0.778. The Morgan fingerprint density at radius 3 is 2.53 bits per heavy atom. The molecular weight excluding hydrogens is 216 g/mol. The zero-order valence-corrected chi connectivity index (χ0v) is 10.1. The first kappa shape index (κ1) is 14.1. The van der Waals surface area contributed by atoms with Gasteiger partial charge in [0.15, 0.2) is 0 Å². The lowest BCUT2D eigenvalue weighted by molar-refractivity contribution is -0.137. The van der Waals surface area contributed by atoms with E-state index in [0.29, 0.717) is 0 Å². The lowest BCUT2D eigenvalue weighted by atomic mass is 10.3. The van der Waals surface area contributed by atoms with E-state index >= 15 is 0 Å². The number of rotatable bonds is 6. The number of nitrogens with one attached hydrogen (secondary N) is 1. The molecule has 2 amide bonds. The van der Waals surface area contributed by atoms with E-state index in [1.807, 2.05) is 13.2 Å². The van der Waals surface area contributed by atoms with E-state index in [2.05, 4.69) is 5.32 Å². The van der Waals surface area contributed by atoms with Crippen LogP contribution in [-0.4, -0.2) is 53.6 Å². The topological polar surface area (TPSA) is 69.6 Å². The predicted molar refractivity (Wildman–Crippen MR) is 61.3 cm³/mol. The van der Waals surface area contributed by atoms with Gasteiger partial charge in [-0.15, -0.1) is 0 Å². The summed E-state index contributed by atoms with van der Waals surface area (Å²) in [6, 6.07) is -0.234. The van der Waals surface area contributed by atoms with Gasteiger partial charge in [0.25, 0.3) is 0 Å². The van der Waals surface area contributed by atoms with E-state index in [9.17, 15) is 9.59 Å². The minimum absolute atomic E-state index is 0.101. The minimum Gasteiger partial charge on any atom is -0.480 e. The highest BCUT2D eigenvalue weighted by molar-refractivity contribution is 7.98. The van der Waals surface area contributed by atoms with Crippen molar-refractivity contribution >= 4 is 23.8 Å². The summed E-state index contributed by atoms with van der Waals surface area (Å²) in [6.45, 7) is 1.71. The molecule has 88 valence electrons. The summed E-state index contributed by atoms with van der Waals surface area (Å²) in [5.41, 5.74) is 0. The second-order valence-corrected chi connectivity index (χ2v) is 4.17. The number of urea groups is 1. The van der Waals surface area contributed by atoms with Gasteiger partial charge in [-0.3, -0.25) is 4.79 Å². The molecule has 0 heterocycles. The molecule has 0 aliphatic rings. The Bertz CT molecular complexity index is 223. The first-order valence-corrected chi connectivity index (χ1v) is 6.13. The molecular formula is C9H18N2O3S. The van der Waals surface area contributed by atoms with Crippen molar-refractivity contribution < 1.29 is 14.7 Å². The number of thioether (sulfide) groups is 1. The zero-order valence-electron chi connectivity index (χ0n) is 9.32. The molecule has 1 atom stereocenters. The zero-order chi connectivity index (χ0) is 11.8. The number of aliphatic carboxylic acids is 1. The van der Waals surface area contributed by atoms with Crippen molar-refractivity contribution in [3.05, 3.63) is 0 Å². The van der Waals surface area contributed by atoms with Gasteiger partial charge in [0.2, 0.25) is 0 Å². The molecule has 1 unspecified atom stereocenters. The smallest absolute Gasteiger partial charge is 0.323 e. The van der Waals surface area contributed by atoms with E-state index < -0.39 is 5.97 Å². The Morgan fingerprint density at radius 1 is 1.53 bits per heavy atom. The molecule has 5 nitrogen and oxygen atoms in total. The average molecular weight is 234 g/mol. The van der Waals surface area contributed by atoms with Crippen LogP contribution in [0.15, 0.2) is 0 Å². The lowest BCUT2D eigenvalue weighted by Gasteiger charge is -2.21. The van der Waals surface area contributed by atoms with Crippen LogP contribution in [0.5, 0.6) is 0 Å². The van der Waals surface area contributed by atoms with Gasteiger partial charge in [-0.1, -0.05) is 6.92 Å². The Labute approximate surface area is 94.2 Å². The predicted octanol–water partition coefficient (Wildman–Crippen LogP) is 0.854. The van der Waals surface area contributed by atoms with Crippen LogP contribution >= 0.6 is 11.8 Å². The number of carbonyl (C=O) groups is 2. The van der Waals surface area contributed by atoms with E-state index in [0.717, 1.165) is 17.1 Å². The summed E-state index contributed by atoms with van der Waals surface area (Å²) in [6.07, 6.45) is 2.81. The summed E-state index contributed by atoms with van der Waals surface area (Å²) >= 11 is 1.65. The van der Waals surface area contributed by atoms with Crippen molar-refractivity contribution in [2.75, 3.05) is 25.6 Å². The van der Waals surface area contributed by atoms with Crippen LogP contribution in [0.25, 0.3) is 0 Å². The molecule has 6 heteroatoms. The Morgan fingerprint density at radius 2 is 2.13 bits per heavy atom. The third kappa shape index (κ3) is 6.22. The van der Waals surface area contributed by atoms with Crippen LogP contribution in [0, 0.1) is 0 Å². The quantitative estimate of drug-likeness (QED) is 0.715. The molecule has 0 saturated carbocycles. The lowest BCUT2D eigenvalue weighted by Crippen LogP contribution is -2.45. The minimum atomic E-state index is -1.01. The van der Waals surface area contributed by atoms with Crippen LogP contribution in [0.1, 0.15) is 13.3 Å². The average Bonchev–Trinajstić information content (AvgIpc) is 2.15. The van der Waals surface area contributed by atoms with Crippen molar-refractivity contribution in [2.45, 2.75) is 19.4 Å². The van der Waals surface area contributed by atoms with Gasteiger partial charge < -0.3 is 15.3 Å². The van der Waals surface area contributed by atoms with Crippen LogP contribution in [0.3, 0.4) is 0 Å². The Hall–Kier alpha value is -0.910. The molecule has 0 fully saturated rings. The van der Waals surface area contributed by atoms with Crippen LogP contribution in [-0.2, 0) is 4.79 Å². The number of amides is 2. The molecule has 0 spiro atoms. The standard InChI is InChI=1S/C9H18N2O3S/c1-4-7(6-15-3)10-9(14)11(2)5-8(12)13/h7H,4-6H2,1-3H3,(H,10,14)(H,12,13). The van der Waals surface area contributed by atoms with E-state index in [1.54, 1.807) is 11.8 Å². The van der Waals surface area contributed by atoms with Gasteiger partial charge in [-0.2, -0.15) is 11.8 Å². The second kappa shape index (κ2) is 7.39. The summed E-state index contributed by atoms with van der Waals surface area (Å²) < 4.78 is 0. The van der Waals surface area contributed by atoms with Crippen molar-refractivity contribution in [3.8, 4) is 0 Å². The highest BCUT2D eigenvalue weighted by Crippen LogP contribution is 2.01. The maximum absolute atomic E-state index is 11.5. The highest BCUT2D eigenvalue weighted by atomic mass is 32.2. The Balaban J connectivity index is 4.03. The molecule has 0 aliphatic carbocycles. The maximum Gasteiger partial charge on any atom is 0.323 e. The molecule has 0 aromatic carbocycles. The van der Waals surface area contributed by atoms with Crippen LogP contribution in [0.4, 0.5) is 4.79 Å². The molecule has 0 radical (unpaired) electrons. The number of nitrogens with zero attached hydrogens (tertiary/aromatic N) is 1. The van der Waals surface area contributed by atoms with E-state index in [-0.39, 0.29) is 18.6 Å². The maximum atomic E-state index is 11.5. The van der Waals surface area contributed by atoms with Crippen molar-refractivity contribution in [1.82, 2.24) is 10.2 Å². The number of carboxylic acids is 1. The Kier molecular flexibility index (Phi) is 6.94. The first-order chi connectivity index (χ1) is 7.01. The van der Waals surface area contributed by atoms with E-state index in [4.69, 9.17) is 5.11 Å². The van der Waals surface area contributed by atoms with Gasteiger partial charge in [0.05, 0.1) is 0 Å². The van der Waals surface area contributed by atoms with Crippen molar-refractivity contribution in [3.63, 3.8) is 0 Å². The molecule has 0 bridgehead atoms. The number of likely N-dealkylation sites (N-methyl/N-ethyl adjacent to an activating group) is 1. The summed E-state index contributed by atoms with van der Waals surface area (Å²) in [5.74, 6) is -0.172. The molecule has 0 saturated heterocycles. The normalized spacial score (nSPS) is 11.9. The van der Waals surface area contributed by atoms with Gasteiger partial charge >= 0.3 is 12.0 Å². The molecule has 15 heavy (non-hydrogen) atoms. The molecule has 0 aromatic rings. The summed E-state index contributed by atoms with van der Waals surface area (Å²) in [7, 11) is 1.47. The number of hydrogen-bond donors (Lipinski definition) is 2. The van der Waals surface area contributed by atoms with Gasteiger partial charge in [-0.25, -0.2) is 4.79 Å². The van der Waals surface area contributed by atoms with Crippen molar-refractivity contribution in [1.29, 1.82) is 0 Å². The summed E-state index contributed by atoms with van der Waals surface area (Å²) in [4.78, 5) is 23.0. The third-order valence-electron chi connectivity index (χ3n) is 1.91. The third-order valence-corrected chi connectivity index (χ3v) is 2.64. The van der Waals surface area contributed by atoms with Crippen LogP contribution in [0.2, 0.25) is 0 Å². The van der Waals surface area contributed by atoms with E-state index in [1.165, 1.54) is 7.05 Å². The number of carboxylic acid groups (broad SMARTS) is 1. The number of hydrogen-bond acceptors (Lipinski definition) is 3. The van der Waals surface area contributed by atoms with Crippen LogP contribution < -0.4 is 5.32 Å². The monoisotopic (exact) mass is 234 g/mol. The van der Waals surface area contributed by atoms with Crippen molar-refractivity contribution in [2.24, 2.45) is 0 Å². The first-order valence-electron chi connectivity index (χ1n) is 4.73. The fourth-order valence-electron chi connectivity index (χ4n) is 1.02. The second-order valence-electron chi connectivity index (χ2n) is 3.26. The van der Waals surface area contributed by atoms with Gasteiger partial charge in [0.1, 0.15) is 6.54 Å².